The third-order valence-electron chi connectivity index (χ3n) is 6.64. The number of nitriles is 4. The number of nitrogens with zero attached hydrogens (tertiary/aromatic N) is 4. The maximum atomic E-state index is 13.7. The molecule has 0 aliphatic heterocycles. The lowest BCUT2D eigenvalue weighted by Crippen LogP contribution is -2.22. The van der Waals surface area contributed by atoms with Crippen LogP contribution in [0.3, 0.4) is 0 Å². The first kappa shape index (κ1) is 36.4. The minimum atomic E-state index is -5.44. The van der Waals surface area contributed by atoms with Crippen molar-refractivity contribution in [2.45, 2.75) is 24.7 Å². The number of benzene rings is 4. The molecule has 4 aromatic carbocycles. The molecular weight excluding hydrogens is 700 g/mol. The molecule has 0 aliphatic carbocycles. The van der Waals surface area contributed by atoms with Crippen molar-refractivity contribution in [3.05, 3.63) is 93.4 Å². The maximum absolute atomic E-state index is 13.7. The highest BCUT2D eigenvalue weighted by Gasteiger charge is 2.39. The summed E-state index contributed by atoms with van der Waals surface area (Å²) in [6.45, 7) is 0. The van der Waals surface area contributed by atoms with E-state index < -0.39 is 91.5 Å². The molecule has 0 saturated carbocycles. The molecule has 0 atom stereocenters. The Kier molecular flexibility index (Phi) is 9.40. The van der Waals surface area contributed by atoms with Gasteiger partial charge in [-0.3, -0.25) is 0 Å². The van der Waals surface area contributed by atoms with Crippen molar-refractivity contribution >= 4 is 21.9 Å². The lowest BCUT2D eigenvalue weighted by molar-refractivity contribution is -0.144. The minimum Gasteiger partial charge on any atom is -0.453 e. The highest BCUT2D eigenvalue weighted by Crippen LogP contribution is 2.43. The molecule has 18 heteroatoms. The van der Waals surface area contributed by atoms with Crippen LogP contribution in [-0.4, -0.2) is 0 Å². The third kappa shape index (κ3) is 7.35. The van der Waals surface area contributed by atoms with E-state index in [4.69, 9.17) is 9.47 Å². The van der Waals surface area contributed by atoms with Gasteiger partial charge in [-0.15, -0.1) is 0 Å². The standard InChI is InChI=1S/C32H10F12N4O2/c33-29(34,35)17-5-18(30(36,37)38)8-21(7-17)49-27-25(15(11-45)12-46)23-3-1-2-4-24(23)26(16(13-47)14-48)28(27)50-22-9-19(31(39,40)41)6-20(10-22)32(42,43)44/h1-10H. The Balaban J connectivity index is 2.31. The highest BCUT2D eigenvalue weighted by atomic mass is 19.4. The molecule has 6 nitrogen and oxygen atoms in total. The molecule has 0 unspecified atom stereocenters. The summed E-state index contributed by atoms with van der Waals surface area (Å²) in [7, 11) is 0. The summed E-state index contributed by atoms with van der Waals surface area (Å²) in [5.41, 5.74) is -9.74. The molecule has 0 radical (unpaired) electrons. The Morgan fingerprint density at radius 3 is 0.920 bits per heavy atom. The van der Waals surface area contributed by atoms with Gasteiger partial charge in [0.1, 0.15) is 46.9 Å². The van der Waals surface area contributed by atoms with Crippen molar-refractivity contribution in [1.82, 2.24) is 0 Å². The van der Waals surface area contributed by atoms with Crippen LogP contribution in [-0.2, 0) is 24.7 Å². The van der Waals surface area contributed by atoms with Crippen LogP contribution in [0.1, 0.15) is 22.3 Å². The molecule has 50 heavy (non-hydrogen) atoms. The lowest BCUT2D eigenvalue weighted by Gasteiger charge is -2.20. The van der Waals surface area contributed by atoms with Crippen LogP contribution in [0.15, 0.2) is 60.7 Å². The fraction of sp³-hybridized carbons (Fsp3) is 0.125. The molecule has 254 valence electrons. The number of rotatable bonds is 4. The van der Waals surface area contributed by atoms with Gasteiger partial charge in [-0.1, -0.05) is 24.3 Å². The van der Waals surface area contributed by atoms with E-state index in [1.54, 1.807) is 0 Å². The number of hydrogen-bond acceptors (Lipinski definition) is 6. The molecule has 0 N–H and O–H groups in total. The van der Waals surface area contributed by atoms with E-state index in [-0.39, 0.29) is 47.2 Å². The van der Waals surface area contributed by atoms with E-state index in [0.717, 1.165) is 12.1 Å². The predicted octanol–water partition coefficient (Wildman–Crippen LogP) is 8.90. The molecule has 0 aromatic heterocycles. The molecule has 0 heterocycles. The third-order valence-corrected chi connectivity index (χ3v) is 6.64. The van der Waals surface area contributed by atoms with Crippen LogP contribution in [0.4, 0.5) is 52.7 Å². The SMILES string of the molecule is N#CC(C#N)=c1c(Oc2cc(C(F)(F)F)cc(C(F)(F)F)c2)c(Oc2cc(C(F)(F)F)cc(C(F)(F)F)c2)c(=C(C#N)C#N)c2ccccc12. The molecule has 0 aliphatic rings. The highest BCUT2D eigenvalue weighted by molar-refractivity contribution is 5.96. The molecule has 0 saturated heterocycles. The molecule has 4 aromatic rings. The van der Waals surface area contributed by atoms with E-state index in [1.165, 1.54) is 36.4 Å². The molecule has 0 amide bonds. The second-order valence-corrected chi connectivity index (χ2v) is 9.84. The fourth-order valence-electron chi connectivity index (χ4n) is 4.56. The van der Waals surface area contributed by atoms with Gasteiger partial charge in [-0.05, 0) is 47.2 Å². The second-order valence-electron chi connectivity index (χ2n) is 9.84. The average Bonchev–Trinajstić information content (AvgIpc) is 3.02. The maximum Gasteiger partial charge on any atom is 0.416 e. The summed E-state index contributed by atoms with van der Waals surface area (Å²) in [6.07, 6.45) is -21.8. The predicted molar refractivity (Wildman–Crippen MR) is 146 cm³/mol. The van der Waals surface area contributed by atoms with Gasteiger partial charge >= 0.3 is 24.7 Å². The monoisotopic (exact) mass is 710 g/mol. The first-order chi connectivity index (χ1) is 23.1. The summed E-state index contributed by atoms with van der Waals surface area (Å²) >= 11 is 0. The normalized spacial score (nSPS) is 11.9. The first-order valence-electron chi connectivity index (χ1n) is 13.0. The first-order valence-corrected chi connectivity index (χ1v) is 13.0. The Morgan fingerprint density at radius 2 is 0.700 bits per heavy atom. The number of fused-ring (bicyclic) bond motifs is 1. The van der Waals surface area contributed by atoms with Crippen LogP contribution in [0.5, 0.6) is 23.0 Å². The zero-order valence-corrected chi connectivity index (χ0v) is 23.9. The smallest absolute Gasteiger partial charge is 0.416 e. The van der Waals surface area contributed by atoms with Gasteiger partial charge in [0.25, 0.3) is 0 Å². The molecule has 0 fully saturated rings. The Hall–Kier alpha value is -6.40. The van der Waals surface area contributed by atoms with E-state index in [1.807, 2.05) is 0 Å². The zero-order chi connectivity index (χ0) is 37.4. The minimum absolute atomic E-state index is 0.0291. The van der Waals surface area contributed by atoms with Crippen molar-refractivity contribution in [2.75, 3.05) is 0 Å². The van der Waals surface area contributed by atoms with Gasteiger partial charge in [0.05, 0.1) is 32.7 Å². The van der Waals surface area contributed by atoms with Crippen molar-refractivity contribution in [2.24, 2.45) is 0 Å². The number of hydrogen-bond donors (Lipinski definition) is 0. The summed E-state index contributed by atoms with van der Waals surface area (Å²) in [4.78, 5) is 0. The van der Waals surface area contributed by atoms with E-state index >= 15 is 0 Å². The van der Waals surface area contributed by atoms with Gasteiger partial charge < -0.3 is 9.47 Å². The summed E-state index contributed by atoms with van der Waals surface area (Å²) < 4.78 is 175. The van der Waals surface area contributed by atoms with Gasteiger partial charge in [-0.2, -0.15) is 73.7 Å². The number of halogens is 12. The zero-order valence-electron chi connectivity index (χ0n) is 23.9. The Morgan fingerprint density at radius 1 is 0.440 bits per heavy atom. The van der Waals surface area contributed by atoms with Crippen LogP contribution >= 0.6 is 0 Å². The molecule has 0 spiro atoms. The van der Waals surface area contributed by atoms with Gasteiger partial charge in [0, 0.05) is 0 Å². The summed E-state index contributed by atoms with van der Waals surface area (Å²) in [5, 5.41) is 36.9. The van der Waals surface area contributed by atoms with E-state index in [0.29, 0.717) is 0 Å². The van der Waals surface area contributed by atoms with Gasteiger partial charge in [0.2, 0.25) is 0 Å². The van der Waals surface area contributed by atoms with Gasteiger partial charge in [-0.25, -0.2) is 0 Å². The number of ether oxygens (including phenoxy) is 2. The molecule has 0 bridgehead atoms. The fourth-order valence-corrected chi connectivity index (χ4v) is 4.56. The van der Waals surface area contributed by atoms with Gasteiger partial charge in [0.15, 0.2) is 11.5 Å². The average molecular weight is 710 g/mol. The van der Waals surface area contributed by atoms with Crippen molar-refractivity contribution in [3.8, 4) is 47.3 Å². The summed E-state index contributed by atoms with van der Waals surface area (Å²) in [6, 6.07) is 9.84. The van der Waals surface area contributed by atoms with Crippen LogP contribution < -0.4 is 19.9 Å². The van der Waals surface area contributed by atoms with E-state index in [9.17, 15) is 73.7 Å². The topological polar surface area (TPSA) is 114 Å². The van der Waals surface area contributed by atoms with Crippen molar-refractivity contribution in [3.63, 3.8) is 0 Å². The molecule has 4 rings (SSSR count). The number of alkyl halides is 12. The Bertz CT molecular complexity index is 2070. The van der Waals surface area contributed by atoms with Crippen LogP contribution in [0, 0.1) is 45.3 Å². The Labute approximate surface area is 270 Å². The lowest BCUT2D eigenvalue weighted by atomic mass is 9.98. The summed E-state index contributed by atoms with van der Waals surface area (Å²) in [5.74, 6) is -5.10. The largest absolute Gasteiger partial charge is 0.453 e. The van der Waals surface area contributed by atoms with Crippen molar-refractivity contribution < 1.29 is 62.2 Å². The van der Waals surface area contributed by atoms with Crippen molar-refractivity contribution in [1.29, 1.82) is 21.0 Å². The van der Waals surface area contributed by atoms with Crippen LogP contribution in [0.25, 0.3) is 21.9 Å². The molecular formula is C32H10F12N4O2. The van der Waals surface area contributed by atoms with Crippen LogP contribution in [0.2, 0.25) is 0 Å². The second kappa shape index (κ2) is 12.9. The van der Waals surface area contributed by atoms with E-state index in [2.05, 4.69) is 0 Å². The quantitative estimate of drug-likeness (QED) is 0.196.